The summed E-state index contributed by atoms with van der Waals surface area (Å²) in [6.45, 7) is 0. The zero-order chi connectivity index (χ0) is 16.1. The van der Waals surface area contributed by atoms with Crippen molar-refractivity contribution in [1.82, 2.24) is 0 Å². The summed E-state index contributed by atoms with van der Waals surface area (Å²) in [5, 5.41) is 31.2. The molecule has 0 N–H and O–H groups in total. The average molecular weight is 355 g/mol. The van der Waals surface area contributed by atoms with Crippen molar-refractivity contribution in [2.24, 2.45) is 0 Å². The SMILES string of the molecule is O=S(=O)([O-])[O-].O=[N+]([O-])c1cccc([N+](=O)[O-])c1[N+](=O)[O-].[Na+].[Na+]. The fraction of sp³-hybridized carbons (Fsp3) is 0. The fourth-order valence-electron chi connectivity index (χ4n) is 1.00. The average Bonchev–Trinajstić information content (AvgIpc) is 2.25. The summed E-state index contributed by atoms with van der Waals surface area (Å²) in [5.41, 5.74) is -2.89. The van der Waals surface area contributed by atoms with Gasteiger partial charge < -0.3 is 9.11 Å². The summed E-state index contributed by atoms with van der Waals surface area (Å²) in [7, 11) is -5.17. The Morgan fingerprint density at radius 1 is 0.773 bits per heavy atom. The zero-order valence-corrected chi connectivity index (χ0v) is 15.9. The molecule has 0 aliphatic carbocycles. The molecule has 0 aliphatic heterocycles. The quantitative estimate of drug-likeness (QED) is 0.165. The second kappa shape index (κ2) is 10.9. The van der Waals surface area contributed by atoms with Gasteiger partial charge in [0.2, 0.25) is 0 Å². The molecule has 0 aliphatic rings. The third-order valence-corrected chi connectivity index (χ3v) is 1.57. The minimum absolute atomic E-state index is 0. The number of hydrogen-bond donors (Lipinski definition) is 0. The molecule has 1 rings (SSSR count). The van der Waals surface area contributed by atoms with Crippen LogP contribution in [0.3, 0.4) is 0 Å². The van der Waals surface area contributed by atoms with Gasteiger partial charge >= 0.3 is 76.2 Å². The maximum atomic E-state index is 10.4. The molecule has 0 radical (unpaired) electrons. The van der Waals surface area contributed by atoms with Crippen LogP contribution in [0.25, 0.3) is 0 Å². The molecule has 0 saturated carbocycles. The minimum Gasteiger partial charge on any atom is -0.759 e. The van der Waals surface area contributed by atoms with E-state index in [2.05, 4.69) is 0 Å². The molecule has 0 aromatic heterocycles. The summed E-state index contributed by atoms with van der Waals surface area (Å²) in [5.74, 6) is 0. The Morgan fingerprint density at radius 3 is 1.23 bits per heavy atom. The molecule has 0 fully saturated rings. The van der Waals surface area contributed by atoms with Crippen LogP contribution >= 0.6 is 0 Å². The van der Waals surface area contributed by atoms with Gasteiger partial charge in [0.15, 0.2) is 0 Å². The number of rotatable bonds is 3. The first-order valence-corrected chi connectivity index (χ1v) is 5.51. The van der Waals surface area contributed by atoms with Crippen LogP contribution < -0.4 is 59.1 Å². The van der Waals surface area contributed by atoms with Gasteiger partial charge in [0.25, 0.3) is 0 Å². The molecule has 22 heavy (non-hydrogen) atoms. The van der Waals surface area contributed by atoms with Gasteiger partial charge in [-0.1, -0.05) is 0 Å². The van der Waals surface area contributed by atoms with E-state index in [1.807, 2.05) is 0 Å². The Labute approximate surface area is 166 Å². The van der Waals surface area contributed by atoms with Crippen LogP contribution in [0.2, 0.25) is 0 Å². The van der Waals surface area contributed by atoms with Crippen LogP contribution in [0.5, 0.6) is 0 Å². The van der Waals surface area contributed by atoms with Crippen LogP contribution in [-0.2, 0) is 10.4 Å². The van der Waals surface area contributed by atoms with Gasteiger partial charge in [-0.2, -0.15) is 0 Å². The van der Waals surface area contributed by atoms with Crippen LogP contribution in [0.1, 0.15) is 0 Å². The summed E-state index contributed by atoms with van der Waals surface area (Å²) in [6.07, 6.45) is 0. The Bertz CT molecular complexity index is 622. The van der Waals surface area contributed by atoms with Gasteiger partial charge in [0.1, 0.15) is 0 Å². The maximum absolute atomic E-state index is 10.4. The van der Waals surface area contributed by atoms with Crippen LogP contribution in [0.15, 0.2) is 18.2 Å². The number of hydrogen-bond acceptors (Lipinski definition) is 10. The second-order valence-electron chi connectivity index (χ2n) is 2.82. The van der Waals surface area contributed by atoms with Crippen LogP contribution in [0, 0.1) is 30.3 Å². The van der Waals surface area contributed by atoms with E-state index in [0.717, 1.165) is 18.2 Å². The molecule has 13 nitrogen and oxygen atoms in total. The number of para-hydroxylation sites is 1. The van der Waals surface area contributed by atoms with E-state index in [4.69, 9.17) is 17.5 Å². The van der Waals surface area contributed by atoms with Gasteiger partial charge in [-0.3, -0.25) is 38.8 Å². The maximum Gasteiger partial charge on any atom is 1.00 e. The summed E-state index contributed by atoms with van der Waals surface area (Å²) in [4.78, 5) is 28.0. The first-order chi connectivity index (χ1) is 8.95. The van der Waals surface area contributed by atoms with Gasteiger partial charge in [-0.25, -0.2) is 0 Å². The third kappa shape index (κ3) is 10.1. The van der Waals surface area contributed by atoms with Crippen LogP contribution in [-0.4, -0.2) is 32.3 Å². The van der Waals surface area contributed by atoms with Gasteiger partial charge in [0, 0.05) is 22.5 Å². The van der Waals surface area contributed by atoms with Gasteiger partial charge in [-0.05, 0) is 6.07 Å². The van der Waals surface area contributed by atoms with Crippen molar-refractivity contribution in [3.8, 4) is 0 Å². The van der Waals surface area contributed by atoms with Crippen molar-refractivity contribution in [2.75, 3.05) is 0 Å². The first kappa shape index (κ1) is 26.2. The first-order valence-electron chi connectivity index (χ1n) is 4.18. The standard InChI is InChI=1S/C6H3N3O6.2Na.H2O4S/c10-7(11)4-2-1-3-5(8(12)13)6(4)9(14)15;;;1-5(2,3)4/h1-3H;;;(H2,1,2,3,4)/q;2*+1;/p-2. The largest absolute Gasteiger partial charge is 1.00 e. The Kier molecular flexibility index (Phi) is 13.0. The monoisotopic (exact) mass is 355 g/mol. The molecule has 0 saturated heterocycles. The van der Waals surface area contributed by atoms with Crippen molar-refractivity contribution < 1.29 is 91.4 Å². The Morgan fingerprint density at radius 2 is 1.05 bits per heavy atom. The molecule has 0 atom stereocenters. The zero-order valence-electron chi connectivity index (χ0n) is 11.1. The van der Waals surface area contributed by atoms with Crippen molar-refractivity contribution in [3.63, 3.8) is 0 Å². The molecular formula is C6H3N3Na2O10S. The van der Waals surface area contributed by atoms with Crippen molar-refractivity contribution in [3.05, 3.63) is 48.5 Å². The number of nitro benzene ring substituents is 3. The fourth-order valence-corrected chi connectivity index (χ4v) is 1.00. The molecule has 16 heteroatoms. The summed E-state index contributed by atoms with van der Waals surface area (Å²) < 4.78 is 34.1. The minimum atomic E-state index is -5.17. The predicted molar refractivity (Wildman–Crippen MR) is 56.9 cm³/mol. The number of nitrogens with zero attached hydrogens (tertiary/aromatic N) is 3. The van der Waals surface area contributed by atoms with E-state index in [0.29, 0.717) is 0 Å². The second-order valence-corrected chi connectivity index (χ2v) is 3.64. The molecule has 0 unspecified atom stereocenters. The van der Waals surface area contributed by atoms with E-state index < -0.39 is 42.2 Å². The van der Waals surface area contributed by atoms with Gasteiger partial charge in [0.05, 0.1) is 14.8 Å². The number of nitro groups is 3. The Balaban J connectivity index is -0.000000452. The molecule has 0 amide bonds. The normalized spacial score (nSPS) is 9.18. The smallest absolute Gasteiger partial charge is 0.759 e. The van der Waals surface area contributed by atoms with E-state index >= 15 is 0 Å². The molecule has 1 aromatic rings. The summed E-state index contributed by atoms with van der Waals surface area (Å²) in [6, 6.07) is 2.69. The van der Waals surface area contributed by atoms with Crippen molar-refractivity contribution in [1.29, 1.82) is 0 Å². The summed E-state index contributed by atoms with van der Waals surface area (Å²) >= 11 is 0. The van der Waals surface area contributed by atoms with Crippen molar-refractivity contribution >= 4 is 27.5 Å². The van der Waals surface area contributed by atoms with Crippen LogP contribution in [0.4, 0.5) is 17.1 Å². The molecule has 0 spiro atoms. The van der Waals surface area contributed by atoms with Gasteiger partial charge in [-0.15, -0.1) is 0 Å². The molecular weight excluding hydrogens is 352 g/mol. The number of benzene rings is 1. The predicted octanol–water partition coefficient (Wildman–Crippen LogP) is -5.92. The molecule has 0 bridgehead atoms. The Hall–Kier alpha value is -0.710. The third-order valence-electron chi connectivity index (χ3n) is 1.57. The molecule has 110 valence electrons. The van der Waals surface area contributed by atoms with E-state index in [-0.39, 0.29) is 59.1 Å². The van der Waals surface area contributed by atoms with E-state index in [1.165, 1.54) is 0 Å². The van der Waals surface area contributed by atoms with E-state index in [1.54, 1.807) is 0 Å². The van der Waals surface area contributed by atoms with Crippen molar-refractivity contribution in [2.45, 2.75) is 0 Å². The molecule has 0 heterocycles. The topological polar surface area (TPSA) is 210 Å². The molecule has 1 aromatic carbocycles. The van der Waals surface area contributed by atoms with E-state index in [9.17, 15) is 30.3 Å².